The van der Waals surface area contributed by atoms with Crippen molar-refractivity contribution in [1.29, 1.82) is 0 Å². The molecule has 0 aliphatic heterocycles. The lowest BCUT2D eigenvalue weighted by Gasteiger charge is -2.05. The molecule has 0 radical (unpaired) electrons. The van der Waals surface area contributed by atoms with E-state index in [1.165, 1.54) is 0 Å². The van der Waals surface area contributed by atoms with Crippen molar-refractivity contribution >= 4 is 45.4 Å². The van der Waals surface area contributed by atoms with E-state index in [-0.39, 0.29) is 10.9 Å². The SMILES string of the molecule is COc1ccc2nc(Cl)c(-c3nnc(C(=O)Nc4ccccc4)s3)cc2c1. The lowest BCUT2D eigenvalue weighted by Crippen LogP contribution is -2.11. The number of carbonyl (C=O) groups is 1. The standard InChI is InChI=1S/C19H13ClN4O2S/c1-26-13-7-8-15-11(9-13)10-14(16(20)22-15)18-23-24-19(27-18)17(25)21-12-5-3-2-4-6-12/h2-10H,1H3,(H,21,25). The van der Waals surface area contributed by atoms with Crippen LogP contribution in [0.5, 0.6) is 5.75 Å². The number of anilines is 1. The van der Waals surface area contributed by atoms with Crippen LogP contribution in [-0.2, 0) is 0 Å². The third-order valence-corrected chi connectivity index (χ3v) is 5.10. The predicted molar refractivity (Wildman–Crippen MR) is 107 cm³/mol. The molecule has 2 heterocycles. The first kappa shape index (κ1) is 17.4. The van der Waals surface area contributed by atoms with Crippen LogP contribution in [0.2, 0.25) is 5.15 Å². The van der Waals surface area contributed by atoms with Gasteiger partial charge < -0.3 is 10.1 Å². The fourth-order valence-electron chi connectivity index (χ4n) is 2.54. The van der Waals surface area contributed by atoms with E-state index in [4.69, 9.17) is 16.3 Å². The fourth-order valence-corrected chi connectivity index (χ4v) is 3.58. The number of carbonyl (C=O) groups excluding carboxylic acids is 1. The molecule has 0 saturated carbocycles. The number of pyridine rings is 1. The van der Waals surface area contributed by atoms with Gasteiger partial charge in [0, 0.05) is 11.1 Å². The van der Waals surface area contributed by atoms with Gasteiger partial charge in [-0.3, -0.25) is 4.79 Å². The Hall–Kier alpha value is -3.03. The van der Waals surface area contributed by atoms with Gasteiger partial charge >= 0.3 is 0 Å². The molecule has 0 spiro atoms. The van der Waals surface area contributed by atoms with Crippen LogP contribution in [0.3, 0.4) is 0 Å². The van der Waals surface area contributed by atoms with Gasteiger partial charge in [-0.25, -0.2) is 4.98 Å². The molecule has 27 heavy (non-hydrogen) atoms. The van der Waals surface area contributed by atoms with E-state index in [9.17, 15) is 4.79 Å². The van der Waals surface area contributed by atoms with Gasteiger partial charge in [0.05, 0.1) is 18.2 Å². The number of nitrogens with one attached hydrogen (secondary N) is 1. The summed E-state index contributed by atoms with van der Waals surface area (Å²) >= 11 is 7.48. The monoisotopic (exact) mass is 396 g/mol. The Bertz CT molecular complexity index is 1130. The maximum Gasteiger partial charge on any atom is 0.286 e. The maximum atomic E-state index is 12.4. The van der Waals surface area contributed by atoms with Crippen LogP contribution in [0.1, 0.15) is 9.80 Å². The minimum Gasteiger partial charge on any atom is -0.497 e. The molecule has 0 bridgehead atoms. The third kappa shape index (κ3) is 3.60. The topological polar surface area (TPSA) is 77.0 Å². The van der Waals surface area contributed by atoms with E-state index >= 15 is 0 Å². The zero-order valence-electron chi connectivity index (χ0n) is 14.1. The van der Waals surface area contributed by atoms with E-state index < -0.39 is 0 Å². The van der Waals surface area contributed by atoms with Gasteiger partial charge in [-0.1, -0.05) is 41.1 Å². The number of hydrogen-bond acceptors (Lipinski definition) is 6. The average Bonchev–Trinajstić information content (AvgIpc) is 3.18. The lowest BCUT2D eigenvalue weighted by molar-refractivity contribution is 0.102. The van der Waals surface area contributed by atoms with Crippen LogP contribution in [-0.4, -0.2) is 28.2 Å². The molecule has 6 nitrogen and oxygen atoms in total. The highest BCUT2D eigenvalue weighted by molar-refractivity contribution is 7.16. The summed E-state index contributed by atoms with van der Waals surface area (Å²) in [6.07, 6.45) is 0. The maximum absolute atomic E-state index is 12.4. The molecule has 2 aromatic heterocycles. The smallest absolute Gasteiger partial charge is 0.286 e. The number of aromatic nitrogens is 3. The van der Waals surface area contributed by atoms with Crippen molar-refractivity contribution in [3.05, 3.63) is 64.8 Å². The quantitative estimate of drug-likeness (QED) is 0.507. The Balaban J connectivity index is 1.66. The summed E-state index contributed by atoms with van der Waals surface area (Å²) in [7, 11) is 1.60. The molecule has 134 valence electrons. The number of methoxy groups -OCH3 is 1. The highest BCUT2D eigenvalue weighted by Crippen LogP contribution is 2.33. The largest absolute Gasteiger partial charge is 0.497 e. The second-order valence-electron chi connectivity index (χ2n) is 5.62. The first-order valence-corrected chi connectivity index (χ1v) is 9.18. The minimum atomic E-state index is -0.323. The molecule has 0 saturated heterocycles. The van der Waals surface area contributed by atoms with Gasteiger partial charge in [-0.2, -0.15) is 0 Å². The average molecular weight is 397 g/mol. The molecule has 0 atom stereocenters. The van der Waals surface area contributed by atoms with Crippen LogP contribution < -0.4 is 10.1 Å². The second kappa shape index (κ2) is 7.30. The molecule has 0 fully saturated rings. The highest BCUT2D eigenvalue weighted by Gasteiger charge is 2.17. The van der Waals surface area contributed by atoms with Crippen LogP contribution in [0.25, 0.3) is 21.5 Å². The predicted octanol–water partition coefficient (Wildman–Crippen LogP) is 4.67. The second-order valence-corrected chi connectivity index (χ2v) is 6.95. The van der Waals surface area contributed by atoms with Crippen LogP contribution >= 0.6 is 22.9 Å². The number of para-hydroxylation sites is 1. The Morgan fingerprint density at radius 1 is 1.11 bits per heavy atom. The van der Waals surface area contributed by atoms with Crippen molar-refractivity contribution in [2.24, 2.45) is 0 Å². The number of fused-ring (bicyclic) bond motifs is 1. The molecule has 1 N–H and O–H groups in total. The van der Waals surface area contributed by atoms with Gasteiger partial charge in [0.2, 0.25) is 5.01 Å². The van der Waals surface area contributed by atoms with Crippen molar-refractivity contribution in [3.8, 4) is 16.3 Å². The minimum absolute atomic E-state index is 0.246. The molecular weight excluding hydrogens is 384 g/mol. The molecule has 8 heteroatoms. The Morgan fingerprint density at radius 2 is 1.93 bits per heavy atom. The highest BCUT2D eigenvalue weighted by atomic mass is 35.5. The molecule has 4 rings (SSSR count). The number of benzene rings is 2. The summed E-state index contributed by atoms with van der Waals surface area (Å²) in [5.74, 6) is 0.397. The molecule has 1 amide bonds. The number of hydrogen-bond donors (Lipinski definition) is 1. The van der Waals surface area contributed by atoms with Crippen LogP contribution in [0, 0.1) is 0 Å². The van der Waals surface area contributed by atoms with Crippen LogP contribution in [0.15, 0.2) is 54.6 Å². The van der Waals surface area contributed by atoms with Crippen LogP contribution in [0.4, 0.5) is 5.69 Å². The molecule has 0 aliphatic rings. The van der Waals surface area contributed by atoms with Gasteiger partial charge in [-0.05, 0) is 36.4 Å². The summed E-state index contributed by atoms with van der Waals surface area (Å²) < 4.78 is 5.25. The summed E-state index contributed by atoms with van der Waals surface area (Å²) in [6, 6.07) is 16.6. The molecule has 2 aromatic carbocycles. The van der Waals surface area contributed by atoms with E-state index in [0.717, 1.165) is 28.0 Å². The van der Waals surface area contributed by atoms with E-state index in [1.54, 1.807) is 19.2 Å². The van der Waals surface area contributed by atoms with Gasteiger partial charge in [-0.15, -0.1) is 10.2 Å². The Labute approximate surface area is 163 Å². The van der Waals surface area contributed by atoms with Crippen molar-refractivity contribution < 1.29 is 9.53 Å². The summed E-state index contributed by atoms with van der Waals surface area (Å²) in [5.41, 5.74) is 2.06. The molecule has 4 aromatic rings. The summed E-state index contributed by atoms with van der Waals surface area (Å²) in [6.45, 7) is 0. The normalized spacial score (nSPS) is 10.7. The van der Waals surface area contributed by atoms with Gasteiger partial charge in [0.25, 0.3) is 5.91 Å². The van der Waals surface area contributed by atoms with Crippen molar-refractivity contribution in [3.63, 3.8) is 0 Å². The number of ether oxygens (including phenoxy) is 1. The molecule has 0 aliphatic carbocycles. The van der Waals surface area contributed by atoms with E-state index in [1.807, 2.05) is 42.5 Å². The number of nitrogens with zero attached hydrogens (tertiary/aromatic N) is 3. The zero-order chi connectivity index (χ0) is 18.8. The first-order valence-electron chi connectivity index (χ1n) is 7.98. The van der Waals surface area contributed by atoms with E-state index in [2.05, 4.69) is 20.5 Å². The summed E-state index contributed by atoms with van der Waals surface area (Å²) in [5, 5.41) is 12.8. The number of amides is 1. The Kier molecular flexibility index (Phi) is 4.70. The molecule has 0 unspecified atom stereocenters. The molecular formula is C19H13ClN4O2S. The van der Waals surface area contributed by atoms with Gasteiger partial charge in [0.15, 0.2) is 5.01 Å². The lowest BCUT2D eigenvalue weighted by atomic mass is 10.1. The summed E-state index contributed by atoms with van der Waals surface area (Å²) in [4.78, 5) is 16.8. The fraction of sp³-hybridized carbons (Fsp3) is 0.0526. The Morgan fingerprint density at radius 3 is 2.70 bits per heavy atom. The van der Waals surface area contributed by atoms with Crippen molar-refractivity contribution in [1.82, 2.24) is 15.2 Å². The zero-order valence-corrected chi connectivity index (χ0v) is 15.7. The third-order valence-electron chi connectivity index (χ3n) is 3.86. The van der Waals surface area contributed by atoms with E-state index in [0.29, 0.717) is 21.4 Å². The van der Waals surface area contributed by atoms with Gasteiger partial charge in [0.1, 0.15) is 10.9 Å². The number of rotatable bonds is 4. The van der Waals surface area contributed by atoms with Crippen molar-refractivity contribution in [2.75, 3.05) is 12.4 Å². The first-order chi connectivity index (χ1) is 13.1. The number of halogens is 1. The van der Waals surface area contributed by atoms with Crippen molar-refractivity contribution in [2.45, 2.75) is 0 Å².